The largest absolute Gasteiger partial charge is 0.370 e. The monoisotopic (exact) mass is 261 g/mol. The smallest absolute Gasteiger partial charge is 0.0414 e. The summed E-state index contributed by atoms with van der Waals surface area (Å²) in [5.41, 5.74) is 9.71. The van der Waals surface area contributed by atoms with Crippen LogP contribution in [-0.2, 0) is 6.42 Å². The summed E-state index contributed by atoms with van der Waals surface area (Å²) in [4.78, 5) is 4.87. The highest BCUT2D eigenvalue weighted by atomic mass is 15.2. The lowest BCUT2D eigenvalue weighted by atomic mass is 10.0. The van der Waals surface area contributed by atoms with Crippen molar-refractivity contribution in [2.24, 2.45) is 5.73 Å². The van der Waals surface area contributed by atoms with E-state index >= 15 is 0 Å². The Morgan fingerprint density at radius 1 is 1.42 bits per heavy atom. The van der Waals surface area contributed by atoms with Crippen LogP contribution < -0.4 is 10.6 Å². The third kappa shape index (κ3) is 3.48. The first-order chi connectivity index (χ1) is 9.11. The van der Waals surface area contributed by atoms with Gasteiger partial charge in [0, 0.05) is 25.3 Å². The number of rotatable bonds is 4. The van der Waals surface area contributed by atoms with Crippen molar-refractivity contribution in [3.8, 4) is 0 Å². The number of hydrogen-bond acceptors (Lipinski definition) is 3. The second-order valence-electron chi connectivity index (χ2n) is 5.82. The summed E-state index contributed by atoms with van der Waals surface area (Å²) in [5, 5.41) is 0. The Labute approximate surface area is 117 Å². The van der Waals surface area contributed by atoms with Crippen LogP contribution in [0.15, 0.2) is 18.2 Å². The molecule has 0 aromatic heterocycles. The summed E-state index contributed by atoms with van der Waals surface area (Å²) >= 11 is 0. The zero-order chi connectivity index (χ0) is 13.8. The summed E-state index contributed by atoms with van der Waals surface area (Å²) in [6.07, 6.45) is 3.57. The van der Waals surface area contributed by atoms with Crippen molar-refractivity contribution in [2.75, 3.05) is 38.6 Å². The Morgan fingerprint density at radius 2 is 2.21 bits per heavy atom. The van der Waals surface area contributed by atoms with Gasteiger partial charge in [0.25, 0.3) is 0 Å². The van der Waals surface area contributed by atoms with E-state index in [9.17, 15) is 0 Å². The zero-order valence-electron chi connectivity index (χ0n) is 12.5. The molecule has 0 saturated carbocycles. The fraction of sp³-hybridized carbons (Fsp3) is 0.625. The minimum atomic E-state index is 0.638. The lowest BCUT2D eigenvalue weighted by Gasteiger charge is -2.37. The van der Waals surface area contributed by atoms with Crippen LogP contribution in [-0.4, -0.2) is 44.7 Å². The fourth-order valence-electron chi connectivity index (χ4n) is 3.00. The van der Waals surface area contributed by atoms with E-state index in [1.165, 1.54) is 42.7 Å². The lowest BCUT2D eigenvalue weighted by molar-refractivity contribution is 0.248. The molecule has 1 saturated heterocycles. The number of likely N-dealkylation sites (tertiary alicyclic amines) is 1. The molecule has 1 heterocycles. The molecule has 2 N–H and O–H groups in total. The number of nitrogens with two attached hydrogens (primary N) is 1. The van der Waals surface area contributed by atoms with Crippen LogP contribution in [0.2, 0.25) is 0 Å². The fourth-order valence-corrected chi connectivity index (χ4v) is 3.00. The molecule has 0 bridgehead atoms. The maximum atomic E-state index is 5.64. The Hall–Kier alpha value is -1.06. The molecule has 19 heavy (non-hydrogen) atoms. The van der Waals surface area contributed by atoms with Crippen LogP contribution in [0.25, 0.3) is 0 Å². The van der Waals surface area contributed by atoms with Crippen LogP contribution in [0.4, 0.5) is 5.69 Å². The molecular formula is C16H27N3. The number of piperidine rings is 1. The van der Waals surface area contributed by atoms with Crippen LogP contribution in [0, 0.1) is 6.92 Å². The molecule has 0 radical (unpaired) electrons. The summed E-state index contributed by atoms with van der Waals surface area (Å²) in [5.74, 6) is 0. The van der Waals surface area contributed by atoms with Gasteiger partial charge in [-0.05, 0) is 69.6 Å². The molecule has 1 atom stereocenters. The van der Waals surface area contributed by atoms with Crippen LogP contribution >= 0.6 is 0 Å². The molecule has 0 amide bonds. The molecule has 0 aliphatic carbocycles. The first kappa shape index (κ1) is 14.4. The van der Waals surface area contributed by atoms with Crippen molar-refractivity contribution in [1.29, 1.82) is 0 Å². The van der Waals surface area contributed by atoms with Crippen molar-refractivity contribution in [3.63, 3.8) is 0 Å². The first-order valence-corrected chi connectivity index (χ1v) is 7.33. The molecule has 1 aromatic carbocycles. The van der Waals surface area contributed by atoms with Crippen molar-refractivity contribution >= 4 is 5.69 Å². The molecule has 106 valence electrons. The molecule has 1 fully saturated rings. The molecule has 3 heteroatoms. The van der Waals surface area contributed by atoms with Crippen molar-refractivity contribution < 1.29 is 0 Å². The molecule has 0 spiro atoms. The minimum Gasteiger partial charge on any atom is -0.370 e. The van der Waals surface area contributed by atoms with E-state index < -0.39 is 0 Å². The number of aryl methyl sites for hydroxylation is 1. The molecule has 1 aromatic rings. The number of hydrogen-bond donors (Lipinski definition) is 1. The normalized spacial score (nSPS) is 20.5. The summed E-state index contributed by atoms with van der Waals surface area (Å²) < 4.78 is 0. The first-order valence-electron chi connectivity index (χ1n) is 7.33. The van der Waals surface area contributed by atoms with E-state index in [0.717, 1.165) is 13.0 Å². The number of likely N-dealkylation sites (N-methyl/N-ethyl adjacent to an activating group) is 2. The zero-order valence-corrected chi connectivity index (χ0v) is 12.5. The number of anilines is 1. The van der Waals surface area contributed by atoms with Gasteiger partial charge >= 0.3 is 0 Å². The average Bonchev–Trinajstić information content (AvgIpc) is 2.40. The second kappa shape index (κ2) is 6.40. The maximum absolute atomic E-state index is 5.64. The van der Waals surface area contributed by atoms with E-state index in [-0.39, 0.29) is 0 Å². The molecular weight excluding hydrogens is 234 g/mol. The summed E-state index contributed by atoms with van der Waals surface area (Å²) in [6.45, 7) is 5.32. The van der Waals surface area contributed by atoms with E-state index in [1.807, 2.05) is 0 Å². The Balaban J connectivity index is 2.10. The van der Waals surface area contributed by atoms with E-state index in [2.05, 4.69) is 49.0 Å². The van der Waals surface area contributed by atoms with Crippen LogP contribution in [0.5, 0.6) is 0 Å². The van der Waals surface area contributed by atoms with Gasteiger partial charge in [0.05, 0.1) is 0 Å². The van der Waals surface area contributed by atoms with Crippen molar-refractivity contribution in [1.82, 2.24) is 4.90 Å². The predicted molar refractivity (Wildman–Crippen MR) is 82.9 cm³/mol. The molecule has 1 aliphatic heterocycles. The lowest BCUT2D eigenvalue weighted by Crippen LogP contribution is -2.45. The van der Waals surface area contributed by atoms with E-state index in [4.69, 9.17) is 5.73 Å². The minimum absolute atomic E-state index is 0.638. The Morgan fingerprint density at radius 3 is 2.84 bits per heavy atom. The number of benzene rings is 1. The SMILES string of the molecule is Cc1cc(N(C)C2CCCN(C)C2)ccc1CCN. The highest BCUT2D eigenvalue weighted by Gasteiger charge is 2.21. The summed E-state index contributed by atoms with van der Waals surface area (Å²) in [6, 6.07) is 7.42. The molecule has 2 rings (SSSR count). The van der Waals surface area contributed by atoms with Crippen molar-refractivity contribution in [3.05, 3.63) is 29.3 Å². The second-order valence-corrected chi connectivity index (χ2v) is 5.82. The standard InChI is InChI=1S/C16H27N3/c1-13-11-15(7-6-14(13)8-9-17)19(3)16-5-4-10-18(2)12-16/h6-7,11,16H,4-5,8-10,12,17H2,1-3H3. The highest BCUT2D eigenvalue weighted by Crippen LogP contribution is 2.23. The van der Waals surface area contributed by atoms with E-state index in [1.54, 1.807) is 0 Å². The highest BCUT2D eigenvalue weighted by molar-refractivity contribution is 5.51. The summed E-state index contributed by atoms with van der Waals surface area (Å²) in [7, 11) is 4.44. The van der Waals surface area contributed by atoms with Crippen LogP contribution in [0.1, 0.15) is 24.0 Å². The van der Waals surface area contributed by atoms with Gasteiger partial charge in [-0.1, -0.05) is 6.07 Å². The van der Waals surface area contributed by atoms with Gasteiger partial charge in [-0.15, -0.1) is 0 Å². The quantitative estimate of drug-likeness (QED) is 0.900. The van der Waals surface area contributed by atoms with Gasteiger partial charge in [-0.3, -0.25) is 0 Å². The Kier molecular flexibility index (Phi) is 4.83. The maximum Gasteiger partial charge on any atom is 0.0414 e. The molecule has 3 nitrogen and oxygen atoms in total. The van der Waals surface area contributed by atoms with Crippen LogP contribution in [0.3, 0.4) is 0 Å². The van der Waals surface area contributed by atoms with Gasteiger partial charge in [0.15, 0.2) is 0 Å². The molecule has 1 unspecified atom stereocenters. The average molecular weight is 261 g/mol. The third-order valence-corrected chi connectivity index (χ3v) is 4.29. The van der Waals surface area contributed by atoms with Gasteiger partial charge in [-0.25, -0.2) is 0 Å². The third-order valence-electron chi connectivity index (χ3n) is 4.29. The van der Waals surface area contributed by atoms with Gasteiger partial charge in [0.2, 0.25) is 0 Å². The van der Waals surface area contributed by atoms with Gasteiger partial charge in [-0.2, -0.15) is 0 Å². The van der Waals surface area contributed by atoms with Crippen molar-refractivity contribution in [2.45, 2.75) is 32.2 Å². The molecule has 1 aliphatic rings. The van der Waals surface area contributed by atoms with E-state index in [0.29, 0.717) is 6.04 Å². The van der Waals surface area contributed by atoms with Gasteiger partial charge < -0.3 is 15.5 Å². The predicted octanol–water partition coefficient (Wildman–Crippen LogP) is 2.03. The number of nitrogens with zero attached hydrogens (tertiary/aromatic N) is 2. The Bertz CT molecular complexity index is 416. The van der Waals surface area contributed by atoms with Gasteiger partial charge in [0.1, 0.15) is 0 Å². The topological polar surface area (TPSA) is 32.5 Å².